The molecule has 0 spiro atoms. The van der Waals surface area contributed by atoms with Gasteiger partial charge in [-0.25, -0.2) is 4.79 Å². The van der Waals surface area contributed by atoms with E-state index < -0.39 is 12.0 Å². The van der Waals surface area contributed by atoms with E-state index in [9.17, 15) is 14.7 Å². The zero-order valence-corrected chi connectivity index (χ0v) is 20.1. The summed E-state index contributed by atoms with van der Waals surface area (Å²) in [6.45, 7) is 0.488. The molecule has 7 rings (SSSR count). The largest absolute Gasteiger partial charge is 0.480 e. The first kappa shape index (κ1) is 22.0. The lowest BCUT2D eigenvalue weighted by atomic mass is 9.48. The molecule has 5 aliphatic rings. The van der Waals surface area contributed by atoms with Gasteiger partial charge in [0.2, 0.25) is 0 Å². The van der Waals surface area contributed by atoms with Gasteiger partial charge >= 0.3 is 5.97 Å². The second-order valence-corrected chi connectivity index (χ2v) is 11.5. The zero-order chi connectivity index (χ0) is 23.4. The Hall–Kier alpha value is -2.53. The second kappa shape index (κ2) is 8.30. The summed E-state index contributed by atoms with van der Waals surface area (Å²) in [5, 5.41) is 13.5. The molecule has 4 aliphatic carbocycles. The van der Waals surface area contributed by atoms with Crippen molar-refractivity contribution in [3.8, 4) is 0 Å². The fourth-order valence-corrected chi connectivity index (χ4v) is 7.92. The number of carboxylic acids is 1. The Morgan fingerprint density at radius 3 is 2.21 bits per heavy atom. The minimum Gasteiger partial charge on any atom is -0.480 e. The molecule has 5 fully saturated rings. The molecule has 4 saturated carbocycles. The van der Waals surface area contributed by atoms with Crippen LogP contribution in [0.2, 0.25) is 5.02 Å². The Labute approximate surface area is 205 Å². The summed E-state index contributed by atoms with van der Waals surface area (Å²) in [4.78, 5) is 25.7. The number of benzene rings is 2. The van der Waals surface area contributed by atoms with Gasteiger partial charge in [0.25, 0.3) is 5.91 Å². The van der Waals surface area contributed by atoms with Crippen molar-refractivity contribution in [2.24, 2.45) is 17.8 Å². The third-order valence-corrected chi connectivity index (χ3v) is 9.14. The predicted octanol–water partition coefficient (Wildman–Crippen LogP) is 6.24. The van der Waals surface area contributed by atoms with Crippen molar-refractivity contribution >= 4 is 34.9 Å². The highest BCUT2D eigenvalue weighted by Gasteiger charge is 2.51. The van der Waals surface area contributed by atoms with Crippen LogP contribution in [0.15, 0.2) is 42.5 Å². The van der Waals surface area contributed by atoms with Gasteiger partial charge < -0.3 is 15.3 Å². The van der Waals surface area contributed by atoms with E-state index in [1.54, 1.807) is 12.1 Å². The van der Waals surface area contributed by atoms with E-state index in [1.807, 2.05) is 12.1 Å². The number of carboxylic acid groups (broad SMARTS) is 1. The smallest absolute Gasteiger partial charge is 0.326 e. The van der Waals surface area contributed by atoms with E-state index in [2.05, 4.69) is 23.5 Å². The van der Waals surface area contributed by atoms with Gasteiger partial charge in [0, 0.05) is 17.8 Å². The topological polar surface area (TPSA) is 69.6 Å². The minimum atomic E-state index is -0.934. The third kappa shape index (κ3) is 3.78. The van der Waals surface area contributed by atoms with E-state index in [0.29, 0.717) is 23.9 Å². The third-order valence-electron chi connectivity index (χ3n) is 8.83. The van der Waals surface area contributed by atoms with E-state index in [4.69, 9.17) is 11.6 Å². The van der Waals surface area contributed by atoms with Crippen molar-refractivity contribution in [2.45, 2.75) is 62.8 Å². The fraction of sp³-hybridized carbons (Fsp3) is 0.500. The summed E-state index contributed by atoms with van der Waals surface area (Å²) < 4.78 is 0. The SMILES string of the molecule is O=C(O)[C@H]1CCCN1C(=O)c1ccc(Nc2ccc(C34CC5CC(CC(C5)C3)C4)cc2Cl)cc1. The first-order chi connectivity index (χ1) is 16.4. The van der Waals surface area contributed by atoms with Gasteiger partial charge in [0.15, 0.2) is 0 Å². The van der Waals surface area contributed by atoms with Gasteiger partial charge in [-0.15, -0.1) is 0 Å². The predicted molar refractivity (Wildman–Crippen MR) is 133 cm³/mol. The maximum absolute atomic E-state index is 12.8. The second-order valence-electron chi connectivity index (χ2n) is 11.1. The summed E-state index contributed by atoms with van der Waals surface area (Å²) in [5.74, 6) is 1.53. The number of carbonyl (C=O) groups excluding carboxylic acids is 1. The molecular formula is C28H31ClN2O3. The van der Waals surface area contributed by atoms with Crippen molar-refractivity contribution in [3.05, 3.63) is 58.6 Å². The first-order valence-electron chi connectivity index (χ1n) is 12.6. The van der Waals surface area contributed by atoms with Crippen LogP contribution in [0, 0.1) is 17.8 Å². The van der Waals surface area contributed by atoms with Gasteiger partial charge in [0.05, 0.1) is 10.7 Å². The summed E-state index contributed by atoms with van der Waals surface area (Å²) in [7, 11) is 0. The molecule has 0 radical (unpaired) electrons. The van der Waals surface area contributed by atoms with Gasteiger partial charge in [-0.1, -0.05) is 17.7 Å². The average Bonchev–Trinajstić information content (AvgIpc) is 3.30. The number of amides is 1. The molecule has 1 heterocycles. The van der Waals surface area contributed by atoms with Crippen molar-refractivity contribution < 1.29 is 14.7 Å². The van der Waals surface area contributed by atoms with Crippen molar-refractivity contribution in [2.75, 3.05) is 11.9 Å². The molecule has 2 aromatic carbocycles. The quantitative estimate of drug-likeness (QED) is 0.533. The van der Waals surface area contributed by atoms with Crippen LogP contribution in [0.3, 0.4) is 0 Å². The van der Waals surface area contributed by atoms with Crippen LogP contribution in [-0.4, -0.2) is 34.5 Å². The van der Waals surface area contributed by atoms with Crippen LogP contribution >= 0.6 is 11.6 Å². The monoisotopic (exact) mass is 478 g/mol. The van der Waals surface area contributed by atoms with Gasteiger partial charge in [-0.2, -0.15) is 0 Å². The summed E-state index contributed by atoms with van der Waals surface area (Å²) >= 11 is 6.75. The number of nitrogens with one attached hydrogen (secondary N) is 1. The Morgan fingerprint density at radius 2 is 1.62 bits per heavy atom. The highest BCUT2D eigenvalue weighted by atomic mass is 35.5. The molecule has 6 heteroatoms. The lowest BCUT2D eigenvalue weighted by Crippen LogP contribution is -2.48. The maximum Gasteiger partial charge on any atom is 0.326 e. The molecule has 178 valence electrons. The number of carbonyl (C=O) groups is 2. The normalized spacial score (nSPS) is 31.6. The van der Waals surface area contributed by atoms with Crippen LogP contribution in [0.4, 0.5) is 11.4 Å². The molecule has 5 nitrogen and oxygen atoms in total. The summed E-state index contributed by atoms with van der Waals surface area (Å²) in [6, 6.07) is 13.0. The van der Waals surface area contributed by atoms with Crippen LogP contribution in [0.25, 0.3) is 0 Å². The number of rotatable bonds is 5. The average molecular weight is 479 g/mol. The van der Waals surface area contributed by atoms with Gasteiger partial charge in [0.1, 0.15) is 6.04 Å². The van der Waals surface area contributed by atoms with Crippen LogP contribution in [0.1, 0.15) is 67.3 Å². The van der Waals surface area contributed by atoms with Crippen LogP contribution in [0.5, 0.6) is 0 Å². The maximum atomic E-state index is 12.8. The number of anilines is 2. The first-order valence-corrected chi connectivity index (χ1v) is 13.0. The molecule has 0 unspecified atom stereocenters. The summed E-state index contributed by atoms with van der Waals surface area (Å²) in [6.07, 6.45) is 9.48. The Morgan fingerprint density at radius 1 is 0.971 bits per heavy atom. The number of aliphatic carboxylic acids is 1. The number of hydrogen-bond donors (Lipinski definition) is 2. The molecule has 0 aromatic heterocycles. The lowest BCUT2D eigenvalue weighted by Gasteiger charge is -2.57. The van der Waals surface area contributed by atoms with Crippen molar-refractivity contribution in [1.82, 2.24) is 4.90 Å². The van der Waals surface area contributed by atoms with Crippen LogP contribution in [-0.2, 0) is 10.2 Å². The van der Waals surface area contributed by atoms with E-state index >= 15 is 0 Å². The standard InChI is InChI=1S/C28H31ClN2O3/c29-23-13-21(28-14-17-10-18(15-28)12-19(11-17)16-28)5-8-24(23)30-22-6-3-20(4-7-22)26(32)31-9-1-2-25(31)27(33)34/h3-8,13,17-19,25,30H,1-2,9-12,14-16H2,(H,33,34)/t17?,18?,19?,25-,28?/m1/s1. The van der Waals surface area contributed by atoms with Gasteiger partial charge in [-0.05, 0) is 116 Å². The van der Waals surface area contributed by atoms with Gasteiger partial charge in [-0.3, -0.25) is 4.79 Å². The van der Waals surface area contributed by atoms with E-state index in [0.717, 1.165) is 40.6 Å². The van der Waals surface area contributed by atoms with Crippen LogP contribution < -0.4 is 5.32 Å². The molecule has 2 N–H and O–H groups in total. The number of nitrogens with zero attached hydrogens (tertiary/aromatic N) is 1. The fourth-order valence-electron chi connectivity index (χ4n) is 7.69. The lowest BCUT2D eigenvalue weighted by molar-refractivity contribution is -0.141. The minimum absolute atomic E-state index is 0.227. The summed E-state index contributed by atoms with van der Waals surface area (Å²) in [5.41, 5.74) is 3.93. The Balaban J connectivity index is 1.16. The Bertz CT molecular complexity index is 1090. The highest BCUT2D eigenvalue weighted by molar-refractivity contribution is 6.33. The molecule has 1 amide bonds. The Kier molecular flexibility index (Phi) is 5.36. The zero-order valence-electron chi connectivity index (χ0n) is 19.3. The van der Waals surface area contributed by atoms with E-state index in [1.165, 1.54) is 49.0 Å². The molecule has 1 aliphatic heterocycles. The molecular weight excluding hydrogens is 448 g/mol. The molecule has 1 atom stereocenters. The molecule has 1 saturated heterocycles. The molecule has 4 bridgehead atoms. The van der Waals surface area contributed by atoms with E-state index in [-0.39, 0.29) is 5.91 Å². The number of hydrogen-bond acceptors (Lipinski definition) is 3. The highest BCUT2D eigenvalue weighted by Crippen LogP contribution is 2.61. The molecule has 2 aromatic rings. The number of likely N-dealkylation sites (tertiary alicyclic amines) is 1. The number of halogens is 1. The van der Waals surface area contributed by atoms with Crippen molar-refractivity contribution in [3.63, 3.8) is 0 Å². The molecule has 34 heavy (non-hydrogen) atoms. The van der Waals surface area contributed by atoms with Crippen molar-refractivity contribution in [1.29, 1.82) is 0 Å².